The predicted octanol–water partition coefficient (Wildman–Crippen LogP) is -2.10. The summed E-state index contributed by atoms with van der Waals surface area (Å²) >= 11 is 0. The number of hydrogen-bond donors (Lipinski definition) is 2. The van der Waals surface area contributed by atoms with Gasteiger partial charge in [0.2, 0.25) is 0 Å². The van der Waals surface area contributed by atoms with Crippen molar-refractivity contribution in [2.45, 2.75) is 37.8 Å². The van der Waals surface area contributed by atoms with Crippen LogP contribution in [0.5, 0.6) is 0 Å². The van der Waals surface area contributed by atoms with E-state index < -0.39 is 36.3 Å². The highest BCUT2D eigenvalue weighted by Crippen LogP contribution is 2.28. The summed E-state index contributed by atoms with van der Waals surface area (Å²) in [5.74, 6) is -2.04. The second-order valence-electron chi connectivity index (χ2n) is 3.92. The first-order valence-corrected chi connectivity index (χ1v) is 5.24. The Morgan fingerprint density at radius 2 is 2.06 bits per heavy atom. The molecular formula is C10H17O6-. The van der Waals surface area contributed by atoms with Gasteiger partial charge in [-0.05, 0) is 6.42 Å². The van der Waals surface area contributed by atoms with Crippen LogP contribution in [-0.2, 0) is 14.3 Å². The van der Waals surface area contributed by atoms with Gasteiger partial charge in [0.25, 0.3) is 0 Å². The van der Waals surface area contributed by atoms with E-state index in [0.717, 1.165) is 0 Å². The molecule has 0 bridgehead atoms. The number of carbonyl (C=O) groups excluding carboxylic acids is 1. The molecule has 1 aliphatic heterocycles. The SMILES string of the molecule is CC[C@@H]1C(C(=O)[O-])O[C@@H](COC)C(O)[C@@H]1O. The second kappa shape index (κ2) is 5.58. The van der Waals surface area contributed by atoms with Gasteiger partial charge in [-0.1, -0.05) is 6.92 Å². The molecule has 6 nitrogen and oxygen atoms in total. The van der Waals surface area contributed by atoms with Crippen LogP contribution in [0.3, 0.4) is 0 Å². The fraction of sp³-hybridized carbons (Fsp3) is 0.900. The average Bonchev–Trinajstić information content (AvgIpc) is 2.24. The van der Waals surface area contributed by atoms with Gasteiger partial charge in [-0.15, -0.1) is 0 Å². The standard InChI is InChI=1S/C10H18O6/c1-3-5-7(11)8(12)6(4-15-2)16-9(5)10(13)14/h5-9,11-12H,3-4H2,1-2H3,(H,13,14)/p-1/t5-,6-,7+,8?,9?/m0/s1. The van der Waals surface area contributed by atoms with Gasteiger partial charge < -0.3 is 29.6 Å². The highest BCUT2D eigenvalue weighted by molar-refractivity contribution is 5.70. The third-order valence-electron chi connectivity index (χ3n) is 2.91. The Labute approximate surface area is 93.8 Å². The third kappa shape index (κ3) is 2.52. The summed E-state index contributed by atoms with van der Waals surface area (Å²) in [6.07, 6.45) is -3.94. The summed E-state index contributed by atoms with van der Waals surface area (Å²) < 4.78 is 9.96. The van der Waals surface area contributed by atoms with Crippen molar-refractivity contribution in [3.8, 4) is 0 Å². The van der Waals surface area contributed by atoms with E-state index in [2.05, 4.69) is 0 Å². The molecule has 16 heavy (non-hydrogen) atoms. The fourth-order valence-corrected chi connectivity index (χ4v) is 2.01. The molecule has 6 heteroatoms. The fourth-order valence-electron chi connectivity index (χ4n) is 2.01. The molecule has 1 saturated heterocycles. The first kappa shape index (κ1) is 13.4. The minimum atomic E-state index is -1.38. The lowest BCUT2D eigenvalue weighted by atomic mass is 9.85. The van der Waals surface area contributed by atoms with E-state index in [-0.39, 0.29) is 6.61 Å². The molecule has 0 amide bonds. The Morgan fingerprint density at radius 3 is 2.50 bits per heavy atom. The third-order valence-corrected chi connectivity index (χ3v) is 2.91. The second-order valence-corrected chi connectivity index (χ2v) is 3.92. The number of hydrogen-bond acceptors (Lipinski definition) is 6. The molecule has 0 aromatic heterocycles. The Bertz CT molecular complexity index is 241. The Kier molecular flexibility index (Phi) is 4.67. The summed E-state index contributed by atoms with van der Waals surface area (Å²) in [5, 5.41) is 30.3. The van der Waals surface area contributed by atoms with Crippen LogP contribution < -0.4 is 5.11 Å². The van der Waals surface area contributed by atoms with Crippen molar-refractivity contribution >= 4 is 5.97 Å². The van der Waals surface area contributed by atoms with Crippen LogP contribution in [0.15, 0.2) is 0 Å². The van der Waals surface area contributed by atoms with Gasteiger partial charge in [0.05, 0.1) is 18.7 Å². The highest BCUT2D eigenvalue weighted by Gasteiger charge is 2.43. The zero-order valence-electron chi connectivity index (χ0n) is 9.33. The first-order valence-electron chi connectivity index (χ1n) is 5.24. The molecule has 94 valence electrons. The lowest BCUT2D eigenvalue weighted by molar-refractivity contribution is -0.330. The maximum absolute atomic E-state index is 10.9. The number of carboxylic acid groups (broad SMARTS) is 1. The van der Waals surface area contributed by atoms with Crippen molar-refractivity contribution in [3.63, 3.8) is 0 Å². The maximum Gasteiger partial charge on any atom is 0.110 e. The molecule has 0 saturated carbocycles. The van der Waals surface area contributed by atoms with E-state index in [9.17, 15) is 20.1 Å². The first-order chi connectivity index (χ1) is 7.52. The molecule has 0 aromatic carbocycles. The van der Waals surface area contributed by atoms with Gasteiger partial charge in [0.15, 0.2) is 0 Å². The van der Waals surface area contributed by atoms with Crippen molar-refractivity contribution < 1.29 is 29.6 Å². The molecule has 0 aromatic rings. The quantitative estimate of drug-likeness (QED) is 0.577. The van der Waals surface area contributed by atoms with E-state index in [0.29, 0.717) is 6.42 Å². The van der Waals surface area contributed by atoms with Crippen LogP contribution in [0.25, 0.3) is 0 Å². The van der Waals surface area contributed by atoms with Gasteiger partial charge in [-0.25, -0.2) is 0 Å². The lowest BCUT2D eigenvalue weighted by Gasteiger charge is -2.42. The van der Waals surface area contributed by atoms with Crippen molar-refractivity contribution in [3.05, 3.63) is 0 Å². The maximum atomic E-state index is 10.9. The Hall–Kier alpha value is -0.690. The molecule has 0 aliphatic carbocycles. The smallest absolute Gasteiger partial charge is 0.110 e. The minimum absolute atomic E-state index is 0.0262. The van der Waals surface area contributed by atoms with Crippen molar-refractivity contribution in [2.75, 3.05) is 13.7 Å². The summed E-state index contributed by atoms with van der Waals surface area (Å²) in [4.78, 5) is 10.9. The number of rotatable bonds is 4. The average molecular weight is 233 g/mol. The molecule has 2 N–H and O–H groups in total. The Morgan fingerprint density at radius 1 is 1.44 bits per heavy atom. The molecule has 1 fully saturated rings. The van der Waals surface area contributed by atoms with Gasteiger partial charge in [0, 0.05) is 13.0 Å². The number of aliphatic hydroxyl groups is 2. The zero-order valence-corrected chi connectivity index (χ0v) is 9.33. The van der Waals surface area contributed by atoms with E-state index in [1.165, 1.54) is 7.11 Å². The minimum Gasteiger partial charge on any atom is -0.547 e. The van der Waals surface area contributed by atoms with Crippen LogP contribution in [0.4, 0.5) is 0 Å². The van der Waals surface area contributed by atoms with Gasteiger partial charge in [-0.2, -0.15) is 0 Å². The summed E-state index contributed by atoms with van der Waals surface area (Å²) in [5.41, 5.74) is 0. The molecule has 1 heterocycles. The molecule has 0 spiro atoms. The Balaban J connectivity index is 2.81. The van der Waals surface area contributed by atoms with Crippen LogP contribution in [0.2, 0.25) is 0 Å². The number of aliphatic hydroxyl groups excluding tert-OH is 2. The lowest BCUT2D eigenvalue weighted by Crippen LogP contribution is -2.60. The van der Waals surface area contributed by atoms with Crippen molar-refractivity contribution in [1.82, 2.24) is 0 Å². The van der Waals surface area contributed by atoms with Crippen molar-refractivity contribution in [2.24, 2.45) is 5.92 Å². The van der Waals surface area contributed by atoms with Crippen LogP contribution in [-0.4, -0.2) is 54.3 Å². The topological polar surface area (TPSA) is 99.1 Å². The van der Waals surface area contributed by atoms with Gasteiger partial charge in [0.1, 0.15) is 18.3 Å². The molecule has 5 atom stereocenters. The molecule has 1 aliphatic rings. The summed E-state index contributed by atoms with van der Waals surface area (Å²) in [6, 6.07) is 0. The molecule has 0 radical (unpaired) electrons. The highest BCUT2D eigenvalue weighted by atomic mass is 16.6. The zero-order chi connectivity index (χ0) is 12.3. The van der Waals surface area contributed by atoms with Crippen LogP contribution in [0.1, 0.15) is 13.3 Å². The molecular weight excluding hydrogens is 216 g/mol. The summed E-state index contributed by atoms with van der Waals surface area (Å²) in [7, 11) is 1.41. The number of ether oxygens (including phenoxy) is 2. The van der Waals surface area contributed by atoms with E-state index >= 15 is 0 Å². The largest absolute Gasteiger partial charge is 0.547 e. The van der Waals surface area contributed by atoms with Crippen molar-refractivity contribution in [1.29, 1.82) is 0 Å². The normalized spacial score (nSPS) is 39.6. The number of methoxy groups -OCH3 is 1. The number of carboxylic acids is 1. The number of carbonyl (C=O) groups is 1. The number of aliphatic carboxylic acids is 1. The van der Waals surface area contributed by atoms with Gasteiger partial charge in [-0.3, -0.25) is 0 Å². The molecule has 2 unspecified atom stereocenters. The molecule has 1 rings (SSSR count). The van der Waals surface area contributed by atoms with E-state index in [1.54, 1.807) is 6.92 Å². The van der Waals surface area contributed by atoms with Crippen LogP contribution in [0, 0.1) is 5.92 Å². The van der Waals surface area contributed by atoms with Crippen LogP contribution >= 0.6 is 0 Å². The van der Waals surface area contributed by atoms with E-state index in [1.807, 2.05) is 0 Å². The van der Waals surface area contributed by atoms with E-state index in [4.69, 9.17) is 9.47 Å². The van der Waals surface area contributed by atoms with Gasteiger partial charge >= 0.3 is 0 Å². The monoisotopic (exact) mass is 233 g/mol. The predicted molar refractivity (Wildman–Crippen MR) is 51.3 cm³/mol. The summed E-state index contributed by atoms with van der Waals surface area (Å²) in [6.45, 7) is 1.75.